The first-order chi connectivity index (χ1) is 12.9. The number of hydrogen-bond acceptors (Lipinski definition) is 4. The van der Waals surface area contributed by atoms with Gasteiger partial charge in [-0.25, -0.2) is 9.48 Å². The quantitative estimate of drug-likeness (QED) is 0.515. The molecule has 3 aromatic rings. The van der Waals surface area contributed by atoms with Gasteiger partial charge in [0.2, 0.25) is 0 Å². The molecule has 27 heavy (non-hydrogen) atoms. The van der Waals surface area contributed by atoms with Gasteiger partial charge < -0.3 is 5.11 Å². The maximum Gasteiger partial charge on any atom is 0.339 e. The SMILES string of the molecule is CCCc1c(C(=O)O)c(-c2ccc([N+](=O)[O-])cc2)nn1-c1cccc(C)c1. The van der Waals surface area contributed by atoms with Gasteiger partial charge in [-0.2, -0.15) is 5.10 Å². The third-order valence-electron chi connectivity index (χ3n) is 4.28. The first-order valence-electron chi connectivity index (χ1n) is 8.59. The largest absolute Gasteiger partial charge is 0.478 e. The summed E-state index contributed by atoms with van der Waals surface area (Å²) in [6.07, 6.45) is 1.31. The summed E-state index contributed by atoms with van der Waals surface area (Å²) < 4.78 is 1.66. The Kier molecular flexibility index (Phi) is 5.03. The van der Waals surface area contributed by atoms with Crippen LogP contribution < -0.4 is 0 Å². The fraction of sp³-hybridized carbons (Fsp3) is 0.200. The Bertz CT molecular complexity index is 1010. The van der Waals surface area contributed by atoms with E-state index in [-0.39, 0.29) is 11.3 Å². The van der Waals surface area contributed by atoms with Crippen molar-refractivity contribution in [2.45, 2.75) is 26.7 Å². The van der Waals surface area contributed by atoms with Gasteiger partial charge in [0, 0.05) is 17.7 Å². The highest BCUT2D eigenvalue weighted by molar-refractivity contribution is 5.96. The van der Waals surface area contributed by atoms with Crippen molar-refractivity contribution in [1.29, 1.82) is 0 Å². The predicted octanol–water partition coefficient (Wildman–Crippen LogP) is 4.41. The maximum atomic E-state index is 12.0. The lowest BCUT2D eigenvalue weighted by atomic mass is 10.0. The highest BCUT2D eigenvalue weighted by Crippen LogP contribution is 2.30. The topological polar surface area (TPSA) is 98.3 Å². The third-order valence-corrected chi connectivity index (χ3v) is 4.28. The van der Waals surface area contributed by atoms with Crippen LogP contribution in [0.15, 0.2) is 48.5 Å². The van der Waals surface area contributed by atoms with Crippen molar-refractivity contribution in [1.82, 2.24) is 9.78 Å². The molecule has 1 N–H and O–H groups in total. The molecule has 138 valence electrons. The third kappa shape index (κ3) is 3.57. The van der Waals surface area contributed by atoms with Gasteiger partial charge in [0.05, 0.1) is 16.3 Å². The Morgan fingerprint density at radius 1 is 1.22 bits per heavy atom. The zero-order valence-electron chi connectivity index (χ0n) is 15.0. The van der Waals surface area contributed by atoms with Crippen LogP contribution in [0.1, 0.15) is 35.0 Å². The molecular formula is C20H19N3O4. The van der Waals surface area contributed by atoms with E-state index < -0.39 is 10.9 Å². The molecule has 0 amide bonds. The number of aromatic carboxylic acids is 1. The Hall–Kier alpha value is -3.48. The van der Waals surface area contributed by atoms with Gasteiger partial charge in [-0.1, -0.05) is 25.5 Å². The van der Waals surface area contributed by atoms with Crippen LogP contribution in [-0.2, 0) is 6.42 Å². The highest BCUT2D eigenvalue weighted by Gasteiger charge is 2.25. The summed E-state index contributed by atoms with van der Waals surface area (Å²) >= 11 is 0. The Morgan fingerprint density at radius 2 is 1.93 bits per heavy atom. The summed E-state index contributed by atoms with van der Waals surface area (Å²) in [4.78, 5) is 22.4. The van der Waals surface area contributed by atoms with E-state index in [0.29, 0.717) is 23.4 Å². The number of non-ortho nitro benzene ring substituents is 1. The molecule has 7 nitrogen and oxygen atoms in total. The number of carboxylic acids is 1. The highest BCUT2D eigenvalue weighted by atomic mass is 16.6. The van der Waals surface area contributed by atoms with Crippen molar-refractivity contribution >= 4 is 11.7 Å². The van der Waals surface area contributed by atoms with Crippen LogP contribution in [0.4, 0.5) is 5.69 Å². The molecule has 1 heterocycles. The van der Waals surface area contributed by atoms with Crippen LogP contribution in [0.25, 0.3) is 16.9 Å². The molecule has 0 spiro atoms. The van der Waals surface area contributed by atoms with Gasteiger partial charge in [-0.05, 0) is 43.2 Å². The molecule has 0 fully saturated rings. The van der Waals surface area contributed by atoms with Crippen LogP contribution in [0.5, 0.6) is 0 Å². The molecular weight excluding hydrogens is 346 g/mol. The standard InChI is InChI=1S/C20H19N3O4/c1-3-5-17-18(20(24)25)19(14-8-10-15(11-9-14)23(26)27)21-22(17)16-7-4-6-13(2)12-16/h4,6-12H,3,5H2,1-2H3,(H,24,25). The van der Waals surface area contributed by atoms with E-state index in [2.05, 4.69) is 5.10 Å². The molecule has 0 saturated carbocycles. The zero-order chi connectivity index (χ0) is 19.6. The van der Waals surface area contributed by atoms with Crippen molar-refractivity contribution in [3.8, 4) is 16.9 Å². The summed E-state index contributed by atoms with van der Waals surface area (Å²) in [5.74, 6) is -1.06. The lowest BCUT2D eigenvalue weighted by Gasteiger charge is -2.08. The number of nitro benzene ring substituents is 1. The van der Waals surface area contributed by atoms with E-state index >= 15 is 0 Å². The molecule has 0 atom stereocenters. The summed E-state index contributed by atoms with van der Waals surface area (Å²) in [5.41, 5.74) is 3.36. The minimum absolute atomic E-state index is 0.0532. The number of nitrogens with zero attached hydrogens (tertiary/aromatic N) is 3. The second-order valence-electron chi connectivity index (χ2n) is 6.28. The molecule has 0 aliphatic heterocycles. The molecule has 0 aliphatic carbocycles. The van der Waals surface area contributed by atoms with Crippen LogP contribution in [0, 0.1) is 17.0 Å². The number of rotatable bonds is 6. The molecule has 2 aromatic carbocycles. The summed E-state index contributed by atoms with van der Waals surface area (Å²) in [6.45, 7) is 3.94. The first-order valence-corrected chi connectivity index (χ1v) is 8.59. The van der Waals surface area contributed by atoms with Crippen LogP contribution >= 0.6 is 0 Å². The monoisotopic (exact) mass is 365 g/mol. The number of carbonyl (C=O) groups is 1. The number of benzene rings is 2. The second-order valence-corrected chi connectivity index (χ2v) is 6.28. The minimum Gasteiger partial charge on any atom is -0.478 e. The van der Waals surface area contributed by atoms with Gasteiger partial charge in [0.1, 0.15) is 11.3 Å². The fourth-order valence-electron chi connectivity index (χ4n) is 3.06. The molecule has 0 radical (unpaired) electrons. The average molecular weight is 365 g/mol. The van der Waals surface area contributed by atoms with Crippen molar-refractivity contribution < 1.29 is 14.8 Å². The van der Waals surface area contributed by atoms with Crippen LogP contribution in [0.3, 0.4) is 0 Å². The lowest BCUT2D eigenvalue weighted by molar-refractivity contribution is -0.384. The Labute approximate surface area is 156 Å². The van der Waals surface area contributed by atoms with Crippen molar-refractivity contribution in [2.24, 2.45) is 0 Å². The molecule has 0 bridgehead atoms. The molecule has 0 unspecified atom stereocenters. The number of aromatic nitrogens is 2. The first kappa shape index (κ1) is 18.3. The maximum absolute atomic E-state index is 12.0. The van der Waals surface area contributed by atoms with E-state index in [9.17, 15) is 20.0 Å². The Morgan fingerprint density at radius 3 is 2.48 bits per heavy atom. The van der Waals surface area contributed by atoms with Gasteiger partial charge in [0.25, 0.3) is 5.69 Å². The van der Waals surface area contributed by atoms with Crippen LogP contribution in [-0.4, -0.2) is 25.8 Å². The van der Waals surface area contributed by atoms with E-state index in [1.54, 1.807) is 4.68 Å². The van der Waals surface area contributed by atoms with Crippen molar-refractivity contribution in [3.63, 3.8) is 0 Å². The van der Waals surface area contributed by atoms with E-state index in [0.717, 1.165) is 17.7 Å². The van der Waals surface area contributed by atoms with Gasteiger partial charge >= 0.3 is 5.97 Å². The van der Waals surface area contributed by atoms with E-state index in [4.69, 9.17) is 0 Å². The van der Waals surface area contributed by atoms with Crippen LogP contribution in [0.2, 0.25) is 0 Å². The number of aryl methyl sites for hydroxylation is 1. The van der Waals surface area contributed by atoms with Crippen molar-refractivity contribution in [2.75, 3.05) is 0 Å². The second kappa shape index (κ2) is 7.41. The molecule has 7 heteroatoms. The fourth-order valence-corrected chi connectivity index (χ4v) is 3.06. The summed E-state index contributed by atoms with van der Waals surface area (Å²) in [7, 11) is 0. The number of nitro groups is 1. The molecule has 3 rings (SSSR count). The average Bonchev–Trinajstić information content (AvgIpc) is 3.02. The number of carboxylic acid groups (broad SMARTS) is 1. The van der Waals surface area contributed by atoms with E-state index in [1.807, 2.05) is 38.1 Å². The normalized spacial score (nSPS) is 10.7. The van der Waals surface area contributed by atoms with Gasteiger partial charge in [-0.3, -0.25) is 10.1 Å². The molecule has 0 saturated heterocycles. The predicted molar refractivity (Wildman–Crippen MR) is 101 cm³/mol. The zero-order valence-corrected chi connectivity index (χ0v) is 15.0. The smallest absolute Gasteiger partial charge is 0.339 e. The number of hydrogen-bond donors (Lipinski definition) is 1. The minimum atomic E-state index is -1.06. The molecule has 1 aromatic heterocycles. The van der Waals surface area contributed by atoms with Gasteiger partial charge in [0.15, 0.2) is 0 Å². The van der Waals surface area contributed by atoms with Gasteiger partial charge in [-0.15, -0.1) is 0 Å². The molecule has 0 aliphatic rings. The summed E-state index contributed by atoms with van der Waals surface area (Å²) in [5, 5.41) is 25.3. The summed E-state index contributed by atoms with van der Waals surface area (Å²) in [6, 6.07) is 13.4. The van der Waals surface area contributed by atoms with E-state index in [1.165, 1.54) is 24.3 Å². The Balaban J connectivity index is 2.23. The van der Waals surface area contributed by atoms with Crippen molar-refractivity contribution in [3.05, 3.63) is 75.5 Å². The lowest BCUT2D eigenvalue weighted by Crippen LogP contribution is -2.06.